The van der Waals surface area contributed by atoms with Crippen molar-refractivity contribution in [3.05, 3.63) is 22.8 Å². The van der Waals surface area contributed by atoms with Crippen molar-refractivity contribution in [2.24, 2.45) is 28.6 Å². The molecule has 2 nitrogen and oxygen atoms in total. The predicted octanol–water partition coefficient (Wildman–Crippen LogP) is 5.74. The third-order valence-electron chi connectivity index (χ3n) is 8.58. The van der Waals surface area contributed by atoms with Gasteiger partial charge in [0, 0.05) is 5.57 Å². The number of allylic oxidation sites excluding steroid dienone is 3. The quantitative estimate of drug-likeness (QED) is 0.492. The Morgan fingerprint density at radius 1 is 1.08 bits per heavy atom. The number of carbonyl (C=O) groups is 1. The fraction of sp³-hybridized carbons (Fsp3) is 0.773. The van der Waals surface area contributed by atoms with E-state index in [1.165, 1.54) is 56.9 Å². The van der Waals surface area contributed by atoms with E-state index in [1.807, 2.05) is 6.92 Å². The Morgan fingerprint density at radius 3 is 2.58 bits per heavy atom. The summed E-state index contributed by atoms with van der Waals surface area (Å²) in [5, 5.41) is 9.51. The Bertz CT molecular complexity index is 628. The van der Waals surface area contributed by atoms with Crippen LogP contribution in [-0.4, -0.2) is 11.1 Å². The molecule has 5 atom stereocenters. The first-order valence-electron chi connectivity index (χ1n) is 10.0. The van der Waals surface area contributed by atoms with E-state index < -0.39 is 5.97 Å². The summed E-state index contributed by atoms with van der Waals surface area (Å²) in [7, 11) is 0. The lowest BCUT2D eigenvalue weighted by atomic mass is 9.47. The van der Waals surface area contributed by atoms with Gasteiger partial charge in [-0.1, -0.05) is 31.1 Å². The van der Waals surface area contributed by atoms with Crippen molar-refractivity contribution < 1.29 is 9.90 Å². The molecular formula is C22H32O2. The van der Waals surface area contributed by atoms with E-state index >= 15 is 0 Å². The number of fused-ring (bicyclic) bond motifs is 5. The van der Waals surface area contributed by atoms with Crippen LogP contribution in [0.1, 0.15) is 78.6 Å². The average molecular weight is 328 g/mol. The van der Waals surface area contributed by atoms with Gasteiger partial charge in [0.1, 0.15) is 0 Å². The van der Waals surface area contributed by atoms with Gasteiger partial charge in [-0.2, -0.15) is 0 Å². The third kappa shape index (κ3) is 2.10. The highest BCUT2D eigenvalue weighted by molar-refractivity contribution is 5.87. The van der Waals surface area contributed by atoms with E-state index in [0.717, 1.165) is 18.3 Å². The first kappa shape index (κ1) is 16.4. The van der Waals surface area contributed by atoms with Crippen LogP contribution in [-0.2, 0) is 4.79 Å². The van der Waals surface area contributed by atoms with Gasteiger partial charge in [-0.3, -0.25) is 0 Å². The molecule has 0 radical (unpaired) electrons. The van der Waals surface area contributed by atoms with Gasteiger partial charge in [0.05, 0.1) is 0 Å². The van der Waals surface area contributed by atoms with Crippen LogP contribution in [0.5, 0.6) is 0 Å². The molecule has 3 fully saturated rings. The monoisotopic (exact) mass is 328 g/mol. The summed E-state index contributed by atoms with van der Waals surface area (Å²) in [6, 6.07) is 0. The normalized spacial score (nSPS) is 46.5. The molecule has 4 aliphatic rings. The first-order chi connectivity index (χ1) is 11.4. The number of rotatable bonds is 1. The number of carboxylic acid groups (broad SMARTS) is 1. The summed E-state index contributed by atoms with van der Waals surface area (Å²) in [6.45, 7) is 6.77. The number of hydrogen-bond donors (Lipinski definition) is 1. The van der Waals surface area contributed by atoms with E-state index in [9.17, 15) is 9.90 Å². The molecule has 0 saturated heterocycles. The number of carboxylic acids is 1. The minimum Gasteiger partial charge on any atom is -0.478 e. The van der Waals surface area contributed by atoms with Gasteiger partial charge in [-0.15, -0.1) is 0 Å². The summed E-state index contributed by atoms with van der Waals surface area (Å²) in [5.74, 6) is 1.64. The van der Waals surface area contributed by atoms with Crippen molar-refractivity contribution in [3.8, 4) is 0 Å². The van der Waals surface area contributed by atoms with E-state index in [2.05, 4.69) is 19.9 Å². The minimum absolute atomic E-state index is 0.149. The zero-order valence-corrected chi connectivity index (χ0v) is 15.5. The zero-order chi connectivity index (χ0) is 17.1. The minimum atomic E-state index is -0.706. The van der Waals surface area contributed by atoms with Gasteiger partial charge in [-0.25, -0.2) is 4.79 Å². The molecule has 0 aromatic heterocycles. The maximum absolute atomic E-state index is 11.6. The molecule has 4 aliphatic carbocycles. The van der Waals surface area contributed by atoms with E-state index in [4.69, 9.17) is 0 Å². The van der Waals surface area contributed by atoms with Crippen LogP contribution in [0.4, 0.5) is 0 Å². The summed E-state index contributed by atoms with van der Waals surface area (Å²) >= 11 is 0. The standard InChI is InChI=1S/C22H32O2/c1-14(20(23)24)17-9-10-18-16-8-7-15-6-4-5-12-21(15,2)19(16)11-13-22(17,18)3/h6,16,18-19H,4-5,7-13H2,1-3H3,(H,23,24)/b17-14-/t16-,18-,19-,21-,22+/m0/s1. The van der Waals surface area contributed by atoms with Crippen LogP contribution in [0.2, 0.25) is 0 Å². The Morgan fingerprint density at radius 2 is 1.83 bits per heavy atom. The summed E-state index contributed by atoms with van der Waals surface area (Å²) < 4.78 is 0. The van der Waals surface area contributed by atoms with Gasteiger partial charge >= 0.3 is 5.97 Å². The molecule has 4 rings (SSSR count). The number of aliphatic carboxylic acids is 1. The SMILES string of the molecule is C/C(C(=O)O)=C1\CC[C@H]2[C@@H]3CCC4=CCCC[C@]4(C)[C@H]3CC[C@]12C. The predicted molar refractivity (Wildman–Crippen MR) is 96.7 cm³/mol. The van der Waals surface area contributed by atoms with E-state index in [1.54, 1.807) is 5.57 Å². The zero-order valence-electron chi connectivity index (χ0n) is 15.5. The van der Waals surface area contributed by atoms with Crippen LogP contribution in [0.15, 0.2) is 22.8 Å². The summed E-state index contributed by atoms with van der Waals surface area (Å²) in [4.78, 5) is 11.6. The fourth-order valence-corrected chi connectivity index (χ4v) is 7.31. The maximum atomic E-state index is 11.6. The maximum Gasteiger partial charge on any atom is 0.331 e. The van der Waals surface area contributed by atoms with Crippen LogP contribution < -0.4 is 0 Å². The van der Waals surface area contributed by atoms with Crippen molar-refractivity contribution >= 4 is 5.97 Å². The molecule has 0 unspecified atom stereocenters. The van der Waals surface area contributed by atoms with Crippen LogP contribution >= 0.6 is 0 Å². The van der Waals surface area contributed by atoms with Crippen molar-refractivity contribution in [2.75, 3.05) is 0 Å². The highest BCUT2D eigenvalue weighted by Crippen LogP contribution is 2.66. The van der Waals surface area contributed by atoms with Gasteiger partial charge < -0.3 is 5.11 Å². The lowest BCUT2D eigenvalue weighted by Crippen LogP contribution is -2.49. The van der Waals surface area contributed by atoms with Gasteiger partial charge in [0.15, 0.2) is 0 Å². The first-order valence-corrected chi connectivity index (χ1v) is 10.0. The Balaban J connectivity index is 1.69. The molecule has 0 bridgehead atoms. The highest BCUT2D eigenvalue weighted by atomic mass is 16.4. The van der Waals surface area contributed by atoms with Gasteiger partial charge in [0.25, 0.3) is 0 Å². The molecule has 0 aromatic rings. The second-order valence-corrected chi connectivity index (χ2v) is 9.36. The molecule has 0 aromatic carbocycles. The second kappa shape index (κ2) is 5.47. The molecule has 0 aliphatic heterocycles. The summed E-state index contributed by atoms with van der Waals surface area (Å²) in [5.41, 5.74) is 4.26. The smallest absolute Gasteiger partial charge is 0.331 e. The van der Waals surface area contributed by atoms with Crippen LogP contribution in [0.3, 0.4) is 0 Å². The molecule has 0 spiro atoms. The summed E-state index contributed by atoms with van der Waals surface area (Å²) in [6.07, 6.45) is 13.9. The van der Waals surface area contributed by atoms with E-state index in [0.29, 0.717) is 16.9 Å². The highest BCUT2D eigenvalue weighted by Gasteiger charge is 2.57. The lowest BCUT2D eigenvalue weighted by Gasteiger charge is -2.57. The van der Waals surface area contributed by atoms with Crippen molar-refractivity contribution in [1.82, 2.24) is 0 Å². The van der Waals surface area contributed by atoms with Crippen molar-refractivity contribution in [3.63, 3.8) is 0 Å². The molecule has 3 saturated carbocycles. The van der Waals surface area contributed by atoms with Crippen molar-refractivity contribution in [1.29, 1.82) is 0 Å². The van der Waals surface area contributed by atoms with Gasteiger partial charge in [0.2, 0.25) is 0 Å². The Kier molecular flexibility index (Phi) is 3.75. The van der Waals surface area contributed by atoms with Crippen molar-refractivity contribution in [2.45, 2.75) is 78.6 Å². The van der Waals surface area contributed by atoms with Crippen LogP contribution in [0.25, 0.3) is 0 Å². The second-order valence-electron chi connectivity index (χ2n) is 9.36. The molecule has 132 valence electrons. The fourth-order valence-electron chi connectivity index (χ4n) is 7.31. The third-order valence-corrected chi connectivity index (χ3v) is 8.58. The van der Waals surface area contributed by atoms with Crippen LogP contribution in [0, 0.1) is 28.6 Å². The Labute approximate surface area is 146 Å². The van der Waals surface area contributed by atoms with E-state index in [-0.39, 0.29) is 5.41 Å². The molecule has 24 heavy (non-hydrogen) atoms. The Hall–Kier alpha value is -1.05. The number of hydrogen-bond acceptors (Lipinski definition) is 1. The molecular weight excluding hydrogens is 296 g/mol. The molecule has 0 heterocycles. The molecule has 2 heteroatoms. The molecule has 1 N–H and O–H groups in total. The average Bonchev–Trinajstić information content (AvgIpc) is 2.90. The largest absolute Gasteiger partial charge is 0.478 e. The van der Waals surface area contributed by atoms with Gasteiger partial charge in [-0.05, 0) is 93.3 Å². The topological polar surface area (TPSA) is 37.3 Å². The lowest BCUT2D eigenvalue weighted by molar-refractivity contribution is -0.132. The molecule has 0 amide bonds.